The summed E-state index contributed by atoms with van der Waals surface area (Å²) in [6.07, 6.45) is 9.19. The molecule has 3 aromatic rings. The second kappa shape index (κ2) is 13.4. The lowest BCUT2D eigenvalue weighted by molar-refractivity contribution is -0.138. The van der Waals surface area contributed by atoms with Crippen LogP contribution in [0.2, 0.25) is 0 Å². The van der Waals surface area contributed by atoms with E-state index >= 15 is 0 Å². The molecule has 1 fully saturated rings. The molecule has 1 atom stereocenters. The fraction of sp³-hybridized carbons (Fsp3) is 0.444. The number of aliphatic hydroxyl groups is 1. The predicted octanol–water partition coefficient (Wildman–Crippen LogP) is 8.65. The normalized spacial score (nSPS) is 15.4. The van der Waals surface area contributed by atoms with Gasteiger partial charge in [0.2, 0.25) is 0 Å². The van der Waals surface area contributed by atoms with Crippen LogP contribution in [0.4, 0.5) is 0 Å². The van der Waals surface area contributed by atoms with Crippen molar-refractivity contribution in [3.8, 4) is 0 Å². The van der Waals surface area contributed by atoms with Crippen LogP contribution in [-0.2, 0) is 23.2 Å². The summed E-state index contributed by atoms with van der Waals surface area (Å²) in [6, 6.07) is 21.1. The Morgan fingerprint density at radius 3 is 2.51 bits per heavy atom. The maximum atomic E-state index is 11.5. The average Bonchev–Trinajstić information content (AvgIpc) is 3.67. The molecule has 41 heavy (non-hydrogen) atoms. The summed E-state index contributed by atoms with van der Waals surface area (Å²) in [5.41, 5.74) is 6.91. The second-order valence-electron chi connectivity index (χ2n) is 12.7. The number of pyridine rings is 1. The van der Waals surface area contributed by atoms with E-state index in [0.717, 1.165) is 65.9 Å². The Morgan fingerprint density at radius 1 is 1.07 bits per heavy atom. The first kappa shape index (κ1) is 31.1. The minimum Gasteiger partial charge on any atom is -0.481 e. The largest absolute Gasteiger partial charge is 0.481 e. The number of carboxylic acids is 1. The number of hydrogen-bond donors (Lipinski definition) is 2. The summed E-state index contributed by atoms with van der Waals surface area (Å²) < 4.78 is 0. The molecule has 1 heterocycles. The van der Waals surface area contributed by atoms with Gasteiger partial charge in [0.25, 0.3) is 0 Å². The summed E-state index contributed by atoms with van der Waals surface area (Å²) in [5.74, 6) is 0.711. The summed E-state index contributed by atoms with van der Waals surface area (Å²) in [4.78, 5) is 16.4. The number of carboxylic acid groups (broad SMARTS) is 1. The third-order valence-corrected chi connectivity index (χ3v) is 9.67. The van der Waals surface area contributed by atoms with E-state index in [-0.39, 0.29) is 17.1 Å². The van der Waals surface area contributed by atoms with E-state index in [1.54, 1.807) is 0 Å². The highest BCUT2D eigenvalue weighted by molar-refractivity contribution is 7.99. The Morgan fingerprint density at radius 2 is 1.83 bits per heavy atom. The molecule has 2 N–H and O–H groups in total. The average molecular weight is 572 g/mol. The number of aromatic nitrogens is 1. The highest BCUT2D eigenvalue weighted by Crippen LogP contribution is 2.53. The van der Waals surface area contributed by atoms with Crippen molar-refractivity contribution in [2.24, 2.45) is 11.3 Å². The van der Waals surface area contributed by atoms with Gasteiger partial charge in [-0.15, -0.1) is 0 Å². The van der Waals surface area contributed by atoms with Gasteiger partial charge in [-0.25, -0.2) is 0 Å². The van der Waals surface area contributed by atoms with Gasteiger partial charge in [0, 0.05) is 16.7 Å². The summed E-state index contributed by atoms with van der Waals surface area (Å²) >= 11 is 1.89. The number of benzene rings is 2. The Hall–Kier alpha value is -2.89. The molecule has 0 amide bonds. The first-order chi connectivity index (χ1) is 19.4. The molecule has 0 saturated heterocycles. The van der Waals surface area contributed by atoms with Gasteiger partial charge in [0.15, 0.2) is 0 Å². The highest BCUT2D eigenvalue weighted by Gasteiger charge is 2.44. The summed E-state index contributed by atoms with van der Waals surface area (Å²) in [5, 5.41) is 20.4. The molecule has 0 aliphatic heterocycles. The van der Waals surface area contributed by atoms with E-state index in [1.807, 2.05) is 43.8 Å². The third kappa shape index (κ3) is 9.05. The summed E-state index contributed by atoms with van der Waals surface area (Å²) in [6.45, 7) is 10.2. The van der Waals surface area contributed by atoms with Gasteiger partial charge in [-0.05, 0) is 104 Å². The van der Waals surface area contributed by atoms with Gasteiger partial charge in [0.1, 0.15) is 0 Å². The van der Waals surface area contributed by atoms with Crippen molar-refractivity contribution in [3.05, 3.63) is 99.9 Å². The van der Waals surface area contributed by atoms with E-state index in [1.165, 1.54) is 11.1 Å². The number of nitrogens with zero attached hydrogens (tertiary/aromatic N) is 1. The maximum Gasteiger partial charge on any atom is 0.303 e. The van der Waals surface area contributed by atoms with E-state index in [2.05, 4.69) is 75.4 Å². The number of hydrogen-bond acceptors (Lipinski definition) is 4. The van der Waals surface area contributed by atoms with Gasteiger partial charge < -0.3 is 10.2 Å². The van der Waals surface area contributed by atoms with Gasteiger partial charge in [-0.2, -0.15) is 11.8 Å². The van der Waals surface area contributed by atoms with Crippen LogP contribution in [0.1, 0.15) is 97.8 Å². The second-order valence-corrected chi connectivity index (χ2v) is 13.9. The van der Waals surface area contributed by atoms with E-state index in [9.17, 15) is 15.0 Å². The van der Waals surface area contributed by atoms with Crippen molar-refractivity contribution in [1.82, 2.24) is 4.98 Å². The maximum absolute atomic E-state index is 11.5. The number of carbonyl (C=O) groups is 1. The molecule has 0 radical (unpaired) electrons. The van der Waals surface area contributed by atoms with E-state index in [4.69, 9.17) is 4.98 Å². The first-order valence-electron chi connectivity index (χ1n) is 14.8. The van der Waals surface area contributed by atoms with Crippen LogP contribution in [0, 0.1) is 18.3 Å². The molecular weight excluding hydrogens is 526 g/mol. The smallest absolute Gasteiger partial charge is 0.303 e. The number of thioether (sulfide) groups is 1. The molecule has 1 aliphatic rings. The topological polar surface area (TPSA) is 70.4 Å². The van der Waals surface area contributed by atoms with Crippen molar-refractivity contribution in [3.63, 3.8) is 0 Å². The number of aryl methyl sites for hydroxylation is 2. The minimum atomic E-state index is -0.900. The molecule has 1 saturated carbocycles. The molecule has 0 bridgehead atoms. The monoisotopic (exact) mass is 571 g/mol. The SMILES string of the molecule is Cc1ccc(/C=C/c2cccc([C@@H](CCc3ccccc3C(C)(C)O)SCC3(CC(=O)O)CC3)c2)nc1CC(C)C. The molecule has 5 heteroatoms. The molecule has 218 valence electrons. The third-order valence-electron chi connectivity index (χ3n) is 7.98. The Bertz CT molecular complexity index is 1370. The molecule has 0 spiro atoms. The zero-order valence-electron chi connectivity index (χ0n) is 25.2. The fourth-order valence-corrected chi connectivity index (χ4v) is 7.00. The Labute approximate surface area is 250 Å². The zero-order chi connectivity index (χ0) is 29.6. The standard InChI is InChI=1S/C36H45NO3S/c1-25(2)21-32-26(3)13-16-30(37-32)17-14-27-9-8-11-29(22-27)33(41-24-36(19-20-36)23-34(38)39)18-15-28-10-6-7-12-31(28)35(4,5)40/h6-14,16-17,22,25,33,40H,15,18-21,23-24H2,1-5H3,(H,38,39)/b17-14+/t33-/m1/s1. The van der Waals surface area contributed by atoms with Crippen LogP contribution in [0.5, 0.6) is 0 Å². The lowest BCUT2D eigenvalue weighted by Gasteiger charge is -2.24. The summed E-state index contributed by atoms with van der Waals surface area (Å²) in [7, 11) is 0. The first-order valence-corrected chi connectivity index (χ1v) is 15.9. The van der Waals surface area contributed by atoms with Crippen molar-refractivity contribution < 1.29 is 15.0 Å². The van der Waals surface area contributed by atoms with Crippen molar-refractivity contribution >= 4 is 29.9 Å². The molecule has 0 unspecified atom stereocenters. The molecule has 1 aromatic heterocycles. The highest BCUT2D eigenvalue weighted by atomic mass is 32.2. The van der Waals surface area contributed by atoms with Crippen LogP contribution in [0.3, 0.4) is 0 Å². The molecule has 4 rings (SSSR count). The van der Waals surface area contributed by atoms with Gasteiger partial charge in [0.05, 0.1) is 17.7 Å². The lowest BCUT2D eigenvalue weighted by Crippen LogP contribution is -2.18. The zero-order valence-corrected chi connectivity index (χ0v) is 26.0. The Balaban J connectivity index is 1.55. The molecule has 1 aliphatic carbocycles. The quantitative estimate of drug-likeness (QED) is 0.203. The van der Waals surface area contributed by atoms with Crippen molar-refractivity contribution in [2.45, 2.75) is 84.0 Å². The van der Waals surface area contributed by atoms with Gasteiger partial charge in [-0.1, -0.05) is 74.5 Å². The number of aliphatic carboxylic acids is 1. The van der Waals surface area contributed by atoms with Crippen molar-refractivity contribution in [1.29, 1.82) is 0 Å². The molecule has 4 nitrogen and oxygen atoms in total. The van der Waals surface area contributed by atoms with Gasteiger partial charge >= 0.3 is 5.97 Å². The van der Waals surface area contributed by atoms with Gasteiger partial charge in [-0.3, -0.25) is 9.78 Å². The van der Waals surface area contributed by atoms with Crippen LogP contribution >= 0.6 is 11.8 Å². The Kier molecular flexibility index (Phi) is 10.1. The fourth-order valence-electron chi connectivity index (χ4n) is 5.43. The van der Waals surface area contributed by atoms with E-state index in [0.29, 0.717) is 5.92 Å². The molecule has 2 aromatic carbocycles. The minimum absolute atomic E-state index is 0.0674. The van der Waals surface area contributed by atoms with Crippen LogP contribution in [0.15, 0.2) is 60.7 Å². The van der Waals surface area contributed by atoms with Crippen molar-refractivity contribution in [2.75, 3.05) is 5.75 Å². The van der Waals surface area contributed by atoms with E-state index < -0.39 is 11.6 Å². The number of rotatable bonds is 14. The van der Waals surface area contributed by atoms with Crippen LogP contribution in [-0.4, -0.2) is 26.9 Å². The predicted molar refractivity (Wildman–Crippen MR) is 172 cm³/mol. The molecular formula is C36H45NO3S. The lowest BCUT2D eigenvalue weighted by atomic mass is 9.90. The van der Waals surface area contributed by atoms with Crippen LogP contribution < -0.4 is 0 Å². The van der Waals surface area contributed by atoms with Crippen LogP contribution in [0.25, 0.3) is 12.2 Å².